The minimum atomic E-state index is 0.00896. The van der Waals surface area contributed by atoms with Crippen LogP contribution in [0, 0.1) is 0 Å². The molecule has 0 atom stereocenters. The Morgan fingerprint density at radius 3 is 2.39 bits per heavy atom. The third-order valence-electron chi connectivity index (χ3n) is 5.42. The minimum Gasteiger partial charge on any atom is -0.369 e. The number of unbranched alkanes of at least 4 members (excludes halogenated alkanes) is 1. The molecule has 0 N–H and O–H groups in total. The highest BCUT2D eigenvalue weighted by atomic mass is 35.5. The predicted octanol–water partition coefficient (Wildman–Crippen LogP) is 3.65. The van der Waals surface area contributed by atoms with Crippen molar-refractivity contribution in [2.45, 2.75) is 19.4 Å². The van der Waals surface area contributed by atoms with Gasteiger partial charge in [-0.15, -0.1) is 0 Å². The number of fused-ring (bicyclic) bond motifs is 1. The molecule has 2 aromatic carbocycles. The van der Waals surface area contributed by atoms with Gasteiger partial charge in [-0.2, -0.15) is 5.10 Å². The fraction of sp³-hybridized carbons (Fsp3) is 0.364. The maximum atomic E-state index is 12.5. The van der Waals surface area contributed by atoms with E-state index in [9.17, 15) is 4.79 Å². The molecular weight excluding hydrogens is 372 g/mol. The largest absolute Gasteiger partial charge is 0.369 e. The van der Waals surface area contributed by atoms with Crippen LogP contribution in [0.2, 0.25) is 5.02 Å². The van der Waals surface area contributed by atoms with Crippen LogP contribution >= 0.6 is 11.6 Å². The molecule has 146 valence electrons. The first-order valence-electron chi connectivity index (χ1n) is 9.88. The van der Waals surface area contributed by atoms with Crippen LogP contribution in [0.3, 0.4) is 0 Å². The van der Waals surface area contributed by atoms with E-state index >= 15 is 0 Å². The van der Waals surface area contributed by atoms with Crippen molar-refractivity contribution in [2.24, 2.45) is 0 Å². The van der Waals surface area contributed by atoms with Gasteiger partial charge in [-0.25, -0.2) is 4.68 Å². The third-order valence-corrected chi connectivity index (χ3v) is 5.67. The SMILES string of the molecule is O=c1c2ccccc2cnn1CCCCN1CCN(c2ccc(Cl)cc2)CC1. The molecule has 0 unspecified atom stereocenters. The molecule has 0 aliphatic carbocycles. The first-order chi connectivity index (χ1) is 13.7. The number of aryl methyl sites for hydroxylation is 1. The fourth-order valence-electron chi connectivity index (χ4n) is 3.77. The maximum absolute atomic E-state index is 12.5. The Hall–Kier alpha value is -2.37. The van der Waals surface area contributed by atoms with Gasteiger partial charge < -0.3 is 4.90 Å². The zero-order chi connectivity index (χ0) is 19.3. The maximum Gasteiger partial charge on any atom is 0.274 e. The van der Waals surface area contributed by atoms with Gasteiger partial charge in [0.2, 0.25) is 0 Å². The number of aromatic nitrogens is 2. The zero-order valence-corrected chi connectivity index (χ0v) is 16.7. The zero-order valence-electron chi connectivity index (χ0n) is 15.9. The minimum absolute atomic E-state index is 0.00896. The average Bonchev–Trinajstić information content (AvgIpc) is 2.74. The predicted molar refractivity (Wildman–Crippen MR) is 115 cm³/mol. The van der Waals surface area contributed by atoms with Crippen LogP contribution in [-0.4, -0.2) is 47.4 Å². The molecule has 6 heteroatoms. The fourth-order valence-corrected chi connectivity index (χ4v) is 3.89. The summed E-state index contributed by atoms with van der Waals surface area (Å²) in [6, 6.07) is 15.7. The summed E-state index contributed by atoms with van der Waals surface area (Å²) in [6.45, 7) is 5.94. The summed E-state index contributed by atoms with van der Waals surface area (Å²) in [5, 5.41) is 6.75. The molecule has 1 aliphatic heterocycles. The molecule has 1 fully saturated rings. The lowest BCUT2D eigenvalue weighted by atomic mass is 10.2. The van der Waals surface area contributed by atoms with Crippen molar-refractivity contribution in [2.75, 3.05) is 37.6 Å². The molecule has 28 heavy (non-hydrogen) atoms. The van der Waals surface area contributed by atoms with Crippen molar-refractivity contribution >= 4 is 28.1 Å². The highest BCUT2D eigenvalue weighted by molar-refractivity contribution is 6.30. The average molecular weight is 397 g/mol. The van der Waals surface area contributed by atoms with Crippen molar-refractivity contribution in [3.8, 4) is 0 Å². The van der Waals surface area contributed by atoms with Gasteiger partial charge in [-0.1, -0.05) is 29.8 Å². The second kappa shape index (κ2) is 8.76. The molecule has 0 spiro atoms. The Kier molecular flexibility index (Phi) is 5.93. The van der Waals surface area contributed by atoms with Crippen LogP contribution in [0.15, 0.2) is 59.5 Å². The number of nitrogens with zero attached hydrogens (tertiary/aromatic N) is 4. The molecule has 4 rings (SSSR count). The lowest BCUT2D eigenvalue weighted by molar-refractivity contribution is 0.250. The number of hydrogen-bond donors (Lipinski definition) is 0. The van der Waals surface area contributed by atoms with Crippen molar-refractivity contribution in [1.82, 2.24) is 14.7 Å². The topological polar surface area (TPSA) is 41.4 Å². The summed E-state index contributed by atoms with van der Waals surface area (Å²) in [7, 11) is 0. The first kappa shape index (κ1) is 19.0. The van der Waals surface area contributed by atoms with E-state index < -0.39 is 0 Å². The van der Waals surface area contributed by atoms with Crippen LogP contribution in [-0.2, 0) is 6.54 Å². The second-order valence-corrected chi connectivity index (χ2v) is 7.71. The highest BCUT2D eigenvalue weighted by Gasteiger charge is 2.16. The molecule has 1 aromatic heterocycles. The molecule has 0 saturated carbocycles. The van der Waals surface area contributed by atoms with Crippen molar-refractivity contribution in [1.29, 1.82) is 0 Å². The molecule has 1 saturated heterocycles. The lowest BCUT2D eigenvalue weighted by Crippen LogP contribution is -2.46. The summed E-state index contributed by atoms with van der Waals surface area (Å²) in [5.41, 5.74) is 1.25. The van der Waals surface area contributed by atoms with E-state index in [1.807, 2.05) is 36.4 Å². The number of rotatable bonds is 6. The summed E-state index contributed by atoms with van der Waals surface area (Å²) < 4.78 is 1.60. The number of hydrogen-bond acceptors (Lipinski definition) is 4. The highest BCUT2D eigenvalue weighted by Crippen LogP contribution is 2.19. The van der Waals surface area contributed by atoms with E-state index in [4.69, 9.17) is 11.6 Å². The third kappa shape index (κ3) is 4.37. The molecule has 0 bridgehead atoms. The molecular formula is C22H25ClN4O. The Balaban J connectivity index is 1.23. The van der Waals surface area contributed by atoms with Gasteiger partial charge in [-0.3, -0.25) is 9.69 Å². The van der Waals surface area contributed by atoms with Gasteiger partial charge >= 0.3 is 0 Å². The molecule has 3 aromatic rings. The number of anilines is 1. The van der Waals surface area contributed by atoms with Crippen molar-refractivity contribution < 1.29 is 0 Å². The summed E-state index contributed by atoms with van der Waals surface area (Å²) >= 11 is 5.97. The number of halogens is 1. The van der Waals surface area contributed by atoms with E-state index in [1.54, 1.807) is 10.9 Å². The van der Waals surface area contributed by atoms with Gasteiger partial charge in [0, 0.05) is 48.8 Å². The Morgan fingerprint density at radius 2 is 1.61 bits per heavy atom. The molecule has 5 nitrogen and oxygen atoms in total. The van der Waals surface area contributed by atoms with E-state index in [2.05, 4.69) is 27.0 Å². The van der Waals surface area contributed by atoms with E-state index in [0.29, 0.717) is 6.54 Å². The van der Waals surface area contributed by atoms with Crippen LogP contribution in [0.1, 0.15) is 12.8 Å². The second-order valence-electron chi connectivity index (χ2n) is 7.27. The summed E-state index contributed by atoms with van der Waals surface area (Å²) in [6.07, 6.45) is 3.82. The molecule has 0 radical (unpaired) electrons. The van der Waals surface area contributed by atoms with Gasteiger partial charge in [0.1, 0.15) is 0 Å². The van der Waals surface area contributed by atoms with Gasteiger partial charge in [0.05, 0.1) is 11.6 Å². The van der Waals surface area contributed by atoms with Crippen LogP contribution in [0.5, 0.6) is 0 Å². The Morgan fingerprint density at radius 1 is 0.893 bits per heavy atom. The monoisotopic (exact) mass is 396 g/mol. The van der Waals surface area contributed by atoms with Gasteiger partial charge in [0.15, 0.2) is 0 Å². The Labute approximate surface area is 170 Å². The van der Waals surface area contributed by atoms with Crippen LogP contribution < -0.4 is 10.5 Å². The molecule has 0 amide bonds. The van der Waals surface area contributed by atoms with E-state index in [0.717, 1.165) is 61.4 Å². The number of piperazine rings is 1. The molecule has 1 aliphatic rings. The van der Waals surface area contributed by atoms with E-state index in [-0.39, 0.29) is 5.56 Å². The van der Waals surface area contributed by atoms with E-state index in [1.165, 1.54) is 5.69 Å². The summed E-state index contributed by atoms with van der Waals surface area (Å²) in [4.78, 5) is 17.4. The van der Waals surface area contributed by atoms with Gasteiger partial charge in [-0.05, 0) is 49.7 Å². The lowest BCUT2D eigenvalue weighted by Gasteiger charge is -2.36. The first-order valence-corrected chi connectivity index (χ1v) is 10.3. The van der Waals surface area contributed by atoms with Gasteiger partial charge in [0.25, 0.3) is 5.56 Å². The van der Waals surface area contributed by atoms with Crippen molar-refractivity contribution in [3.63, 3.8) is 0 Å². The Bertz CT molecular complexity index is 978. The normalized spacial score (nSPS) is 15.2. The quantitative estimate of drug-likeness (QED) is 0.596. The number of benzene rings is 2. The smallest absolute Gasteiger partial charge is 0.274 e. The summed E-state index contributed by atoms with van der Waals surface area (Å²) in [5.74, 6) is 0. The van der Waals surface area contributed by atoms with Crippen LogP contribution in [0.25, 0.3) is 10.8 Å². The standard InChI is InChI=1S/C22H25ClN4O/c23-19-7-9-20(10-8-19)26-15-13-25(14-16-26)11-3-4-12-27-22(28)21-6-2-1-5-18(21)17-24-27/h1-2,5-10,17H,3-4,11-16H2. The van der Waals surface area contributed by atoms with Crippen molar-refractivity contribution in [3.05, 3.63) is 70.1 Å². The van der Waals surface area contributed by atoms with Crippen LogP contribution in [0.4, 0.5) is 5.69 Å². The molecule has 2 heterocycles.